The normalized spacial score (nSPS) is 13.6. The zero-order valence-electron chi connectivity index (χ0n) is 10.5. The van der Waals surface area contributed by atoms with Crippen LogP contribution in [0.2, 0.25) is 0 Å². The monoisotopic (exact) mass is 285 g/mol. The predicted molar refractivity (Wildman–Crippen MR) is 66.5 cm³/mol. The molecule has 10 heteroatoms. The van der Waals surface area contributed by atoms with E-state index in [-0.39, 0.29) is 5.03 Å². The summed E-state index contributed by atoms with van der Waals surface area (Å²) in [5.74, 6) is 0.443. The van der Waals surface area contributed by atoms with Crippen molar-refractivity contribution in [3.05, 3.63) is 23.9 Å². The van der Waals surface area contributed by atoms with Gasteiger partial charge in [0.15, 0.2) is 5.03 Å². The van der Waals surface area contributed by atoms with Gasteiger partial charge < -0.3 is 5.32 Å². The van der Waals surface area contributed by atoms with E-state index in [4.69, 9.17) is 0 Å². The minimum absolute atomic E-state index is 0.0493. The molecule has 4 N–H and O–H groups in total. The molecule has 9 nitrogen and oxygen atoms in total. The number of H-pyrrole nitrogens is 2. The summed E-state index contributed by atoms with van der Waals surface area (Å²) in [5, 5.41) is 15.5. The van der Waals surface area contributed by atoms with Crippen LogP contribution in [0, 0.1) is 0 Å². The lowest BCUT2D eigenvalue weighted by molar-refractivity contribution is 0.554. The van der Waals surface area contributed by atoms with Gasteiger partial charge in [-0.15, -0.1) is 0 Å². The Balaban J connectivity index is 2.20. The first-order valence-electron chi connectivity index (χ1n) is 5.59. The molecule has 0 amide bonds. The molecule has 2 heterocycles. The van der Waals surface area contributed by atoms with Gasteiger partial charge in [-0.3, -0.25) is 10.2 Å². The summed E-state index contributed by atoms with van der Waals surface area (Å²) >= 11 is 0. The first kappa shape index (κ1) is 13.6. The lowest BCUT2D eigenvalue weighted by Gasteiger charge is -2.11. The highest BCUT2D eigenvalue weighted by molar-refractivity contribution is 7.89. The fourth-order valence-electron chi connectivity index (χ4n) is 1.62. The molecule has 0 radical (unpaired) electrons. The van der Waals surface area contributed by atoms with Gasteiger partial charge in [-0.1, -0.05) is 0 Å². The number of aromatic amines is 2. The van der Waals surface area contributed by atoms with Gasteiger partial charge in [0, 0.05) is 12.1 Å². The summed E-state index contributed by atoms with van der Waals surface area (Å²) < 4.78 is 26.9. The van der Waals surface area contributed by atoms with Crippen LogP contribution < -0.4 is 10.0 Å². The SMILES string of the molecule is CNCc1cn[nH]c1S(=O)(=O)NC(C)c1ncn[nH]1. The zero-order chi connectivity index (χ0) is 13.9. The topological polar surface area (TPSA) is 128 Å². The molecule has 1 atom stereocenters. The van der Waals surface area contributed by atoms with Crippen molar-refractivity contribution in [3.8, 4) is 0 Å². The summed E-state index contributed by atoms with van der Waals surface area (Å²) in [6.45, 7) is 2.08. The van der Waals surface area contributed by atoms with Crippen LogP contribution in [-0.4, -0.2) is 40.8 Å². The molecular weight excluding hydrogens is 270 g/mol. The number of hydrogen-bond donors (Lipinski definition) is 4. The van der Waals surface area contributed by atoms with E-state index in [2.05, 4.69) is 35.4 Å². The smallest absolute Gasteiger partial charge is 0.258 e. The fourth-order valence-corrected chi connectivity index (χ4v) is 2.96. The molecule has 0 fully saturated rings. The molecule has 0 saturated heterocycles. The van der Waals surface area contributed by atoms with Crippen LogP contribution in [0.15, 0.2) is 17.6 Å². The molecule has 0 aliphatic rings. The van der Waals surface area contributed by atoms with E-state index in [1.165, 1.54) is 12.5 Å². The molecule has 2 rings (SSSR count). The molecule has 19 heavy (non-hydrogen) atoms. The second kappa shape index (κ2) is 5.47. The molecule has 0 aliphatic heterocycles. The van der Waals surface area contributed by atoms with Crippen molar-refractivity contribution in [1.29, 1.82) is 0 Å². The van der Waals surface area contributed by atoms with Gasteiger partial charge in [0.05, 0.1) is 12.2 Å². The highest BCUT2D eigenvalue weighted by atomic mass is 32.2. The molecule has 0 aromatic carbocycles. The Morgan fingerprint density at radius 3 is 2.79 bits per heavy atom. The van der Waals surface area contributed by atoms with Crippen molar-refractivity contribution in [2.75, 3.05) is 7.05 Å². The first-order chi connectivity index (χ1) is 9.04. The highest BCUT2D eigenvalue weighted by Crippen LogP contribution is 2.15. The van der Waals surface area contributed by atoms with E-state index in [1.54, 1.807) is 14.0 Å². The lowest BCUT2D eigenvalue weighted by atomic mass is 10.3. The molecule has 2 aromatic heterocycles. The fraction of sp³-hybridized carbons (Fsp3) is 0.444. The average molecular weight is 285 g/mol. The molecule has 2 aromatic rings. The van der Waals surface area contributed by atoms with Gasteiger partial charge in [0.2, 0.25) is 0 Å². The number of aromatic nitrogens is 5. The van der Waals surface area contributed by atoms with Crippen molar-refractivity contribution in [2.45, 2.75) is 24.5 Å². The van der Waals surface area contributed by atoms with Gasteiger partial charge in [0.25, 0.3) is 10.0 Å². The van der Waals surface area contributed by atoms with Gasteiger partial charge in [0.1, 0.15) is 12.2 Å². The molecule has 0 aliphatic carbocycles. The van der Waals surface area contributed by atoms with Gasteiger partial charge in [-0.25, -0.2) is 13.4 Å². The Hall–Kier alpha value is -1.78. The minimum atomic E-state index is -3.69. The summed E-state index contributed by atoms with van der Waals surface area (Å²) in [6.07, 6.45) is 2.80. The largest absolute Gasteiger partial charge is 0.316 e. The van der Waals surface area contributed by atoms with Crippen LogP contribution in [0.1, 0.15) is 24.4 Å². The number of nitrogens with zero attached hydrogens (tertiary/aromatic N) is 3. The maximum absolute atomic E-state index is 12.2. The molecule has 104 valence electrons. The van der Waals surface area contributed by atoms with E-state index < -0.39 is 16.1 Å². The van der Waals surface area contributed by atoms with E-state index in [0.29, 0.717) is 17.9 Å². The Kier molecular flexibility index (Phi) is 3.93. The summed E-state index contributed by atoms with van der Waals surface area (Å²) in [5.41, 5.74) is 0.569. The second-order valence-corrected chi connectivity index (χ2v) is 5.62. The van der Waals surface area contributed by atoms with E-state index in [1.807, 2.05) is 0 Å². The van der Waals surface area contributed by atoms with Crippen LogP contribution in [-0.2, 0) is 16.6 Å². The number of hydrogen-bond acceptors (Lipinski definition) is 6. The van der Waals surface area contributed by atoms with Crippen LogP contribution in [0.3, 0.4) is 0 Å². The summed E-state index contributed by atoms with van der Waals surface area (Å²) in [7, 11) is -1.96. The standard InChI is InChI=1S/C9H15N7O2S/c1-6(8-11-5-13-14-8)16-19(17,18)9-7(3-10-2)4-12-15-9/h4-6,10,16H,3H2,1-2H3,(H,12,15)(H,11,13,14). The third kappa shape index (κ3) is 2.97. The Morgan fingerprint density at radius 1 is 1.37 bits per heavy atom. The van der Waals surface area contributed by atoms with Gasteiger partial charge in [-0.05, 0) is 14.0 Å². The van der Waals surface area contributed by atoms with Crippen molar-refractivity contribution in [2.24, 2.45) is 0 Å². The third-order valence-corrected chi connectivity index (χ3v) is 4.04. The molecular formula is C9H15N7O2S. The quantitative estimate of drug-likeness (QED) is 0.555. The van der Waals surface area contributed by atoms with E-state index in [9.17, 15) is 8.42 Å². The average Bonchev–Trinajstić information content (AvgIpc) is 2.99. The van der Waals surface area contributed by atoms with Crippen molar-refractivity contribution < 1.29 is 8.42 Å². The number of rotatable bonds is 6. The highest BCUT2D eigenvalue weighted by Gasteiger charge is 2.24. The Morgan fingerprint density at radius 2 is 2.16 bits per heavy atom. The van der Waals surface area contributed by atoms with Crippen LogP contribution >= 0.6 is 0 Å². The van der Waals surface area contributed by atoms with Crippen molar-refractivity contribution in [1.82, 2.24) is 35.4 Å². The van der Waals surface area contributed by atoms with Crippen LogP contribution in [0.25, 0.3) is 0 Å². The second-order valence-electron chi connectivity index (χ2n) is 3.97. The van der Waals surface area contributed by atoms with E-state index >= 15 is 0 Å². The Labute approximate surface area is 110 Å². The number of sulfonamides is 1. The van der Waals surface area contributed by atoms with Crippen LogP contribution in [0.4, 0.5) is 0 Å². The van der Waals surface area contributed by atoms with Crippen LogP contribution in [0.5, 0.6) is 0 Å². The van der Waals surface area contributed by atoms with Crippen molar-refractivity contribution in [3.63, 3.8) is 0 Å². The summed E-state index contributed by atoms with van der Waals surface area (Å²) in [4.78, 5) is 3.91. The van der Waals surface area contributed by atoms with Crippen molar-refractivity contribution >= 4 is 10.0 Å². The predicted octanol–water partition coefficient (Wildman–Crippen LogP) is -0.713. The summed E-state index contributed by atoms with van der Waals surface area (Å²) in [6, 6.07) is -0.516. The molecule has 0 saturated carbocycles. The molecule has 0 spiro atoms. The third-order valence-electron chi connectivity index (χ3n) is 2.49. The van der Waals surface area contributed by atoms with E-state index in [0.717, 1.165) is 0 Å². The maximum Gasteiger partial charge on any atom is 0.258 e. The van der Waals surface area contributed by atoms with Gasteiger partial charge >= 0.3 is 0 Å². The number of nitrogens with one attached hydrogen (secondary N) is 4. The first-order valence-corrected chi connectivity index (χ1v) is 7.07. The maximum atomic E-state index is 12.2. The van der Waals surface area contributed by atoms with Gasteiger partial charge in [-0.2, -0.15) is 14.9 Å². The lowest BCUT2D eigenvalue weighted by Crippen LogP contribution is -2.29. The Bertz CT molecular complexity index is 619. The minimum Gasteiger partial charge on any atom is -0.316 e. The molecule has 1 unspecified atom stereocenters. The molecule has 0 bridgehead atoms. The zero-order valence-corrected chi connectivity index (χ0v) is 11.3.